The molecule has 0 bridgehead atoms. The lowest BCUT2D eigenvalue weighted by atomic mass is 9.98. The summed E-state index contributed by atoms with van der Waals surface area (Å²) in [5, 5.41) is 0. The minimum Gasteiger partial charge on any atom is -0.342 e. The maximum Gasteiger partial charge on any atom is 0.228 e. The molecule has 5 heteroatoms. The van der Waals surface area contributed by atoms with Crippen LogP contribution in [0.2, 0.25) is 0 Å². The number of rotatable bonds is 6. The Balaban J connectivity index is 1.57. The van der Waals surface area contributed by atoms with E-state index in [1.165, 1.54) is 12.0 Å². The van der Waals surface area contributed by atoms with Gasteiger partial charge >= 0.3 is 0 Å². The quantitative estimate of drug-likeness (QED) is 0.782. The molecule has 0 aromatic heterocycles. The average Bonchev–Trinajstić information content (AvgIpc) is 3.01. The van der Waals surface area contributed by atoms with E-state index in [2.05, 4.69) is 36.0 Å². The van der Waals surface area contributed by atoms with E-state index in [0.29, 0.717) is 25.6 Å². The first kappa shape index (κ1) is 18.9. The molecule has 2 amide bonds. The molecule has 2 unspecified atom stereocenters. The van der Waals surface area contributed by atoms with Crippen LogP contribution in [0, 0.1) is 5.92 Å². The molecule has 1 aromatic carbocycles. The van der Waals surface area contributed by atoms with E-state index in [9.17, 15) is 9.59 Å². The van der Waals surface area contributed by atoms with Crippen LogP contribution in [0.3, 0.4) is 0 Å². The molecule has 1 aromatic rings. The van der Waals surface area contributed by atoms with E-state index in [0.717, 1.165) is 32.4 Å². The molecule has 2 aliphatic rings. The summed E-state index contributed by atoms with van der Waals surface area (Å²) in [7, 11) is 4.11. The molecule has 0 aliphatic carbocycles. The zero-order chi connectivity index (χ0) is 18.5. The number of carbonyl (C=O) groups excluding carboxylic acids is 2. The van der Waals surface area contributed by atoms with Crippen LogP contribution < -0.4 is 0 Å². The molecule has 5 nitrogen and oxygen atoms in total. The molecular weight excluding hydrogens is 326 g/mol. The first-order valence-corrected chi connectivity index (χ1v) is 9.81. The second-order valence-electron chi connectivity index (χ2n) is 7.92. The van der Waals surface area contributed by atoms with Crippen LogP contribution in [0.5, 0.6) is 0 Å². The number of piperidine rings is 1. The first-order valence-electron chi connectivity index (χ1n) is 9.81. The van der Waals surface area contributed by atoms with Gasteiger partial charge in [0.25, 0.3) is 0 Å². The summed E-state index contributed by atoms with van der Waals surface area (Å²) in [4.78, 5) is 31.6. The van der Waals surface area contributed by atoms with Gasteiger partial charge in [0.15, 0.2) is 0 Å². The number of likely N-dealkylation sites (N-methyl/N-ethyl adjacent to an activating group) is 1. The molecule has 2 heterocycles. The fraction of sp³-hybridized carbons (Fsp3) is 0.619. The van der Waals surface area contributed by atoms with Gasteiger partial charge in [-0.1, -0.05) is 30.3 Å². The van der Waals surface area contributed by atoms with Crippen molar-refractivity contribution in [2.45, 2.75) is 38.1 Å². The van der Waals surface area contributed by atoms with Gasteiger partial charge in [0.05, 0.1) is 5.92 Å². The third kappa shape index (κ3) is 4.64. The van der Waals surface area contributed by atoms with Gasteiger partial charge in [0.2, 0.25) is 11.8 Å². The molecule has 0 radical (unpaired) electrons. The summed E-state index contributed by atoms with van der Waals surface area (Å²) < 4.78 is 0. The Morgan fingerprint density at radius 1 is 1.19 bits per heavy atom. The normalized spacial score (nSPS) is 23.7. The van der Waals surface area contributed by atoms with E-state index >= 15 is 0 Å². The summed E-state index contributed by atoms with van der Waals surface area (Å²) >= 11 is 0. The maximum atomic E-state index is 13.1. The van der Waals surface area contributed by atoms with Crippen molar-refractivity contribution < 1.29 is 9.59 Å². The fourth-order valence-corrected chi connectivity index (χ4v) is 4.20. The molecule has 0 N–H and O–H groups in total. The highest BCUT2D eigenvalue weighted by molar-refractivity contribution is 5.89. The summed E-state index contributed by atoms with van der Waals surface area (Å²) in [6.07, 6.45) is 4.56. The van der Waals surface area contributed by atoms with E-state index < -0.39 is 0 Å². The van der Waals surface area contributed by atoms with Gasteiger partial charge in [-0.2, -0.15) is 0 Å². The lowest BCUT2D eigenvalue weighted by Gasteiger charge is -2.38. The van der Waals surface area contributed by atoms with Gasteiger partial charge in [0, 0.05) is 38.6 Å². The molecule has 2 atom stereocenters. The van der Waals surface area contributed by atoms with Gasteiger partial charge < -0.3 is 14.7 Å². The number of hydrogen-bond donors (Lipinski definition) is 0. The van der Waals surface area contributed by atoms with E-state index in [1.54, 1.807) is 0 Å². The van der Waals surface area contributed by atoms with Crippen molar-refractivity contribution in [3.63, 3.8) is 0 Å². The summed E-state index contributed by atoms with van der Waals surface area (Å²) in [6, 6.07) is 10.5. The predicted octanol–water partition coefficient (Wildman–Crippen LogP) is 2.02. The van der Waals surface area contributed by atoms with Gasteiger partial charge in [-0.25, -0.2) is 0 Å². The fourth-order valence-electron chi connectivity index (χ4n) is 4.20. The Hall–Kier alpha value is -1.88. The van der Waals surface area contributed by atoms with Crippen molar-refractivity contribution in [3.8, 4) is 0 Å². The van der Waals surface area contributed by atoms with Crippen LogP contribution in [0.25, 0.3) is 0 Å². The summed E-state index contributed by atoms with van der Waals surface area (Å²) in [5.41, 5.74) is 1.23. The molecule has 142 valence electrons. The zero-order valence-corrected chi connectivity index (χ0v) is 16.1. The van der Waals surface area contributed by atoms with Crippen molar-refractivity contribution in [1.82, 2.24) is 14.7 Å². The highest BCUT2D eigenvalue weighted by atomic mass is 16.2. The van der Waals surface area contributed by atoms with Crippen molar-refractivity contribution in [1.29, 1.82) is 0 Å². The van der Waals surface area contributed by atoms with Crippen molar-refractivity contribution in [2.24, 2.45) is 5.92 Å². The highest BCUT2D eigenvalue weighted by Gasteiger charge is 2.38. The smallest absolute Gasteiger partial charge is 0.228 e. The van der Waals surface area contributed by atoms with Crippen LogP contribution >= 0.6 is 0 Å². The van der Waals surface area contributed by atoms with Crippen LogP contribution in [0.4, 0.5) is 0 Å². The van der Waals surface area contributed by atoms with Crippen molar-refractivity contribution >= 4 is 11.8 Å². The number of benzene rings is 1. The monoisotopic (exact) mass is 357 g/mol. The van der Waals surface area contributed by atoms with Gasteiger partial charge in [-0.05, 0) is 45.3 Å². The number of nitrogens with zero attached hydrogens (tertiary/aromatic N) is 3. The van der Waals surface area contributed by atoms with Crippen molar-refractivity contribution in [2.75, 3.05) is 40.3 Å². The molecule has 2 saturated heterocycles. The lowest BCUT2D eigenvalue weighted by molar-refractivity contribution is -0.139. The molecular formula is C21H31N3O2. The minimum absolute atomic E-state index is 0.125. The number of carbonyl (C=O) groups is 2. The standard InChI is InChI=1S/C21H31N3O2/c1-22(2)16-19-10-6-7-12-24(19)21(26)18-14-20(25)23(15-18)13-11-17-8-4-3-5-9-17/h3-5,8-9,18-19H,6-7,10-16H2,1-2H3. The third-order valence-corrected chi connectivity index (χ3v) is 5.56. The second-order valence-corrected chi connectivity index (χ2v) is 7.92. The first-order chi connectivity index (χ1) is 12.5. The van der Waals surface area contributed by atoms with Crippen molar-refractivity contribution in [3.05, 3.63) is 35.9 Å². The number of amides is 2. The van der Waals surface area contributed by atoms with Gasteiger partial charge in [0.1, 0.15) is 0 Å². The van der Waals surface area contributed by atoms with Crippen LogP contribution in [0.1, 0.15) is 31.2 Å². The Morgan fingerprint density at radius 2 is 1.96 bits per heavy atom. The Labute approximate surface area is 156 Å². The Morgan fingerprint density at radius 3 is 2.69 bits per heavy atom. The summed E-state index contributed by atoms with van der Waals surface area (Å²) in [5.74, 6) is 0.147. The average molecular weight is 357 g/mol. The molecule has 0 saturated carbocycles. The second kappa shape index (κ2) is 8.67. The minimum atomic E-state index is -0.166. The summed E-state index contributed by atoms with van der Waals surface area (Å²) in [6.45, 7) is 3.03. The Bertz CT molecular complexity index is 617. The molecule has 26 heavy (non-hydrogen) atoms. The van der Waals surface area contributed by atoms with E-state index in [4.69, 9.17) is 0 Å². The molecule has 0 spiro atoms. The SMILES string of the molecule is CN(C)CC1CCCCN1C(=O)C1CC(=O)N(CCc2ccccc2)C1. The highest BCUT2D eigenvalue weighted by Crippen LogP contribution is 2.25. The lowest BCUT2D eigenvalue weighted by Crippen LogP contribution is -2.50. The largest absolute Gasteiger partial charge is 0.342 e. The topological polar surface area (TPSA) is 43.9 Å². The maximum absolute atomic E-state index is 13.1. The Kier molecular flexibility index (Phi) is 6.30. The third-order valence-electron chi connectivity index (χ3n) is 5.56. The molecule has 2 fully saturated rings. The van der Waals surface area contributed by atoms with Gasteiger partial charge in [-0.15, -0.1) is 0 Å². The van der Waals surface area contributed by atoms with Crippen LogP contribution in [-0.4, -0.2) is 72.8 Å². The van der Waals surface area contributed by atoms with Gasteiger partial charge in [-0.3, -0.25) is 9.59 Å². The van der Waals surface area contributed by atoms with E-state index in [-0.39, 0.29) is 17.7 Å². The van der Waals surface area contributed by atoms with Crippen LogP contribution in [0.15, 0.2) is 30.3 Å². The molecule has 2 aliphatic heterocycles. The zero-order valence-electron chi connectivity index (χ0n) is 16.1. The predicted molar refractivity (Wildman–Crippen MR) is 103 cm³/mol. The van der Waals surface area contributed by atoms with E-state index in [1.807, 2.05) is 23.1 Å². The number of hydrogen-bond acceptors (Lipinski definition) is 3. The molecule has 3 rings (SSSR count). The number of likely N-dealkylation sites (tertiary alicyclic amines) is 2. The van der Waals surface area contributed by atoms with Crippen LogP contribution in [-0.2, 0) is 16.0 Å².